The molecule has 0 N–H and O–H groups in total. The highest BCUT2D eigenvalue weighted by Crippen LogP contribution is 2.44. The maximum absolute atomic E-state index is 14.4. The van der Waals surface area contributed by atoms with Crippen LogP contribution in [0, 0.1) is 6.92 Å². The van der Waals surface area contributed by atoms with Gasteiger partial charge in [0.25, 0.3) is 0 Å². The van der Waals surface area contributed by atoms with Gasteiger partial charge >= 0.3 is 23.4 Å². The summed E-state index contributed by atoms with van der Waals surface area (Å²) in [5.41, 5.74) is 4.91. The predicted molar refractivity (Wildman–Crippen MR) is 167 cm³/mol. The van der Waals surface area contributed by atoms with Gasteiger partial charge in [0.2, 0.25) is 0 Å². The lowest BCUT2D eigenvalue weighted by Crippen LogP contribution is -2.48. The average Bonchev–Trinajstić information content (AvgIpc) is 3.41. The van der Waals surface area contributed by atoms with Crippen LogP contribution < -0.4 is 5.46 Å². The molecular formula is C33H38BFN2O6S. The quantitative estimate of drug-likeness (QED) is 0.283. The highest BCUT2D eigenvalue weighted by atomic mass is 32.3. The zero-order chi connectivity index (χ0) is 31.4. The largest absolute Gasteiger partial charge is 0.494 e. The van der Waals surface area contributed by atoms with Gasteiger partial charge < -0.3 is 18.9 Å². The number of benzene rings is 3. The Kier molecular flexibility index (Phi) is 7.89. The van der Waals surface area contributed by atoms with E-state index in [9.17, 15) is 17.1 Å². The Hall–Kier alpha value is -3.25. The number of carbonyl (C=O) groups excluding carboxylic acids is 1. The fourth-order valence-corrected chi connectivity index (χ4v) is 7.09. The lowest BCUT2D eigenvalue weighted by Gasteiger charge is -2.34. The molecule has 0 aromatic heterocycles. The van der Waals surface area contributed by atoms with Crippen molar-refractivity contribution in [1.29, 1.82) is 0 Å². The molecule has 0 atom stereocenters. The first-order valence-corrected chi connectivity index (χ1v) is 16.4. The Bertz CT molecular complexity index is 1640. The van der Waals surface area contributed by atoms with Crippen molar-refractivity contribution in [2.75, 3.05) is 32.8 Å². The van der Waals surface area contributed by atoms with E-state index < -0.39 is 28.5 Å². The van der Waals surface area contributed by atoms with Crippen molar-refractivity contribution >= 4 is 28.9 Å². The molecule has 11 heteroatoms. The van der Waals surface area contributed by atoms with E-state index in [2.05, 4.69) is 29.2 Å². The summed E-state index contributed by atoms with van der Waals surface area (Å²) in [4.78, 5) is 16.5. The van der Waals surface area contributed by atoms with Crippen LogP contribution in [0.5, 0.6) is 0 Å². The Morgan fingerprint density at radius 3 is 2.02 bits per heavy atom. The molecule has 0 radical (unpaired) electrons. The second-order valence-electron chi connectivity index (χ2n) is 12.9. The van der Waals surface area contributed by atoms with Crippen LogP contribution in [-0.2, 0) is 30.8 Å². The topological polar surface area (TPSA) is 85.4 Å². The summed E-state index contributed by atoms with van der Waals surface area (Å²) in [6.07, 6.45) is -0.351. The van der Waals surface area contributed by atoms with E-state index in [0.29, 0.717) is 49.3 Å². The lowest BCUT2D eigenvalue weighted by molar-refractivity contribution is 0.00578. The minimum Gasteiger partial charge on any atom is -0.448 e. The van der Waals surface area contributed by atoms with Crippen molar-refractivity contribution in [2.45, 2.75) is 63.2 Å². The Labute approximate surface area is 259 Å². The van der Waals surface area contributed by atoms with E-state index in [1.807, 2.05) is 58.0 Å². The summed E-state index contributed by atoms with van der Waals surface area (Å²) >= 11 is 0. The molecule has 3 aromatic carbocycles. The van der Waals surface area contributed by atoms with Gasteiger partial charge in [-0.25, -0.2) is 4.79 Å². The second kappa shape index (κ2) is 11.3. The van der Waals surface area contributed by atoms with Crippen LogP contribution in [0.1, 0.15) is 55.9 Å². The van der Waals surface area contributed by atoms with Crippen LogP contribution in [0.25, 0.3) is 11.1 Å². The number of halogens is 1. The molecule has 44 heavy (non-hydrogen) atoms. The SMILES string of the molecule is Cc1c(CN2CCN(C(=O)OCC3c4ccccc4-c4ccccc43)CC2)cc(B2OC(C)(C)C(C)(C)O2)cc1S(=O)(=O)F. The first kappa shape index (κ1) is 30.8. The number of amides is 1. The van der Waals surface area contributed by atoms with E-state index >= 15 is 0 Å². The number of carbonyl (C=O) groups is 1. The smallest absolute Gasteiger partial charge is 0.448 e. The van der Waals surface area contributed by atoms with Crippen LogP contribution >= 0.6 is 0 Å². The number of piperazine rings is 1. The summed E-state index contributed by atoms with van der Waals surface area (Å²) in [7, 11) is -5.80. The van der Waals surface area contributed by atoms with Crippen molar-refractivity contribution in [2.24, 2.45) is 0 Å². The lowest BCUT2D eigenvalue weighted by atomic mass is 9.77. The molecule has 0 unspecified atom stereocenters. The molecule has 232 valence electrons. The average molecular weight is 621 g/mol. The minimum absolute atomic E-state index is 0.00662. The summed E-state index contributed by atoms with van der Waals surface area (Å²) in [5.74, 6) is -0.00662. The predicted octanol–water partition coefficient (Wildman–Crippen LogP) is 5.02. The summed E-state index contributed by atoms with van der Waals surface area (Å²) < 4.78 is 56.7. The van der Waals surface area contributed by atoms with E-state index in [1.54, 1.807) is 11.8 Å². The molecule has 1 aliphatic carbocycles. The highest BCUT2D eigenvalue weighted by Gasteiger charge is 2.52. The number of fused-ring (bicyclic) bond motifs is 3. The Morgan fingerprint density at radius 1 is 0.932 bits per heavy atom. The van der Waals surface area contributed by atoms with Gasteiger partial charge in [-0.3, -0.25) is 4.90 Å². The van der Waals surface area contributed by atoms with Crippen molar-refractivity contribution in [1.82, 2.24) is 9.80 Å². The standard InChI is InChI=1S/C33H38BFN2O6S/c1-22-23(18-24(19-30(22)44(35,39)40)34-42-32(2,3)33(4,5)43-34)20-36-14-16-37(17-15-36)31(38)41-21-29-27-12-8-6-10-25(27)26-11-7-9-13-28(26)29/h6-13,18-19,29H,14-17,20-21H2,1-5H3. The third-order valence-electron chi connectivity index (χ3n) is 9.64. The van der Waals surface area contributed by atoms with Crippen LogP contribution in [0.3, 0.4) is 0 Å². The Morgan fingerprint density at radius 2 is 1.48 bits per heavy atom. The van der Waals surface area contributed by atoms with E-state index in [-0.39, 0.29) is 23.5 Å². The van der Waals surface area contributed by atoms with E-state index in [1.165, 1.54) is 28.3 Å². The van der Waals surface area contributed by atoms with Gasteiger partial charge in [-0.15, -0.1) is 3.89 Å². The zero-order valence-electron chi connectivity index (χ0n) is 25.8. The molecule has 0 spiro atoms. The van der Waals surface area contributed by atoms with Crippen molar-refractivity contribution in [3.05, 3.63) is 82.9 Å². The zero-order valence-corrected chi connectivity index (χ0v) is 26.6. The number of hydrogen-bond acceptors (Lipinski definition) is 7. The number of hydrogen-bond donors (Lipinski definition) is 0. The maximum Gasteiger partial charge on any atom is 0.494 e. The summed E-state index contributed by atoms with van der Waals surface area (Å²) in [5, 5.41) is 0. The van der Waals surface area contributed by atoms with Crippen LogP contribution in [-0.4, -0.2) is 75.4 Å². The monoisotopic (exact) mass is 620 g/mol. The van der Waals surface area contributed by atoms with E-state index in [4.69, 9.17) is 14.0 Å². The molecule has 3 aliphatic rings. The molecule has 1 amide bonds. The third kappa shape index (κ3) is 5.66. The van der Waals surface area contributed by atoms with Crippen molar-refractivity contribution < 1.29 is 31.1 Å². The number of ether oxygens (including phenoxy) is 1. The highest BCUT2D eigenvalue weighted by molar-refractivity contribution is 7.86. The van der Waals surface area contributed by atoms with Crippen LogP contribution in [0.15, 0.2) is 65.6 Å². The number of rotatable bonds is 6. The third-order valence-corrected chi connectivity index (χ3v) is 10.6. The van der Waals surface area contributed by atoms with Crippen LogP contribution in [0.2, 0.25) is 0 Å². The molecule has 2 heterocycles. The molecule has 2 fully saturated rings. The molecule has 8 nitrogen and oxygen atoms in total. The molecule has 3 aromatic rings. The molecule has 0 saturated carbocycles. The van der Waals surface area contributed by atoms with Gasteiger partial charge in [-0.05, 0) is 79.5 Å². The molecular weight excluding hydrogens is 582 g/mol. The fraction of sp³-hybridized carbons (Fsp3) is 0.424. The van der Waals surface area contributed by atoms with Crippen molar-refractivity contribution in [3.63, 3.8) is 0 Å². The first-order valence-electron chi connectivity index (χ1n) is 15.0. The fourth-order valence-electron chi connectivity index (χ4n) is 6.32. The number of nitrogens with zero attached hydrogens (tertiary/aromatic N) is 2. The molecule has 2 aliphatic heterocycles. The van der Waals surface area contributed by atoms with Gasteiger partial charge in [0.15, 0.2) is 0 Å². The molecule has 0 bridgehead atoms. The van der Waals surface area contributed by atoms with Gasteiger partial charge in [-0.2, -0.15) is 8.42 Å². The van der Waals surface area contributed by atoms with Gasteiger partial charge in [0.1, 0.15) is 11.5 Å². The van der Waals surface area contributed by atoms with Crippen LogP contribution in [0.4, 0.5) is 8.68 Å². The minimum atomic E-state index is -4.98. The normalized spacial score (nSPS) is 19.6. The van der Waals surface area contributed by atoms with Gasteiger partial charge in [0.05, 0.1) is 11.2 Å². The second-order valence-corrected chi connectivity index (χ2v) is 14.2. The van der Waals surface area contributed by atoms with Gasteiger partial charge in [0, 0.05) is 38.6 Å². The maximum atomic E-state index is 14.4. The first-order chi connectivity index (χ1) is 20.7. The van der Waals surface area contributed by atoms with Crippen molar-refractivity contribution in [3.8, 4) is 11.1 Å². The molecule has 6 rings (SSSR count). The summed E-state index contributed by atoms with van der Waals surface area (Å²) in [6.45, 7) is 11.9. The van der Waals surface area contributed by atoms with E-state index in [0.717, 1.165) is 0 Å². The summed E-state index contributed by atoms with van der Waals surface area (Å²) in [6, 6.07) is 19.6. The van der Waals surface area contributed by atoms with Gasteiger partial charge in [-0.1, -0.05) is 54.6 Å². The molecule has 2 saturated heterocycles. The Balaban J connectivity index is 1.11.